The van der Waals surface area contributed by atoms with E-state index >= 15 is 0 Å². The van der Waals surface area contributed by atoms with Crippen molar-refractivity contribution in [2.75, 3.05) is 29.1 Å². The molecule has 3 aromatic rings. The van der Waals surface area contributed by atoms with Crippen LogP contribution < -0.4 is 10.2 Å². The number of nitrogens with zero attached hydrogens (tertiary/aromatic N) is 3. The molecule has 3 rings (SSSR count). The number of thiophene rings is 1. The second-order valence-corrected chi connectivity index (χ2v) is 9.07. The van der Waals surface area contributed by atoms with Gasteiger partial charge in [-0.15, -0.1) is 21.5 Å². The van der Waals surface area contributed by atoms with Gasteiger partial charge in [0, 0.05) is 23.7 Å². The largest absolute Gasteiger partial charge is 0.360 e. The monoisotopic (exact) mass is 418 g/mol. The lowest BCUT2D eigenvalue weighted by atomic mass is 10.2. The highest BCUT2D eigenvalue weighted by atomic mass is 32.2. The van der Waals surface area contributed by atoms with Crippen molar-refractivity contribution in [3.63, 3.8) is 0 Å². The average Bonchev–Trinajstić information content (AvgIpc) is 3.34. The summed E-state index contributed by atoms with van der Waals surface area (Å²) < 4.78 is 0.808. The van der Waals surface area contributed by atoms with E-state index in [1.807, 2.05) is 43.0 Å². The van der Waals surface area contributed by atoms with Gasteiger partial charge in [0.2, 0.25) is 11.0 Å². The molecule has 1 amide bonds. The molecule has 8 heteroatoms. The normalized spacial score (nSPS) is 10.7. The van der Waals surface area contributed by atoms with Crippen molar-refractivity contribution in [3.8, 4) is 0 Å². The van der Waals surface area contributed by atoms with Crippen LogP contribution in [-0.4, -0.2) is 34.9 Å². The van der Waals surface area contributed by atoms with Crippen LogP contribution in [0.25, 0.3) is 0 Å². The Morgan fingerprint density at radius 2 is 2.07 bits per heavy atom. The summed E-state index contributed by atoms with van der Waals surface area (Å²) in [6.45, 7) is 5.50. The van der Waals surface area contributed by atoms with Crippen LogP contribution in [0.1, 0.15) is 17.4 Å². The van der Waals surface area contributed by atoms with E-state index in [0.29, 0.717) is 12.3 Å². The lowest BCUT2D eigenvalue weighted by molar-refractivity contribution is -0.116. The molecule has 0 aliphatic carbocycles. The topological polar surface area (TPSA) is 58.1 Å². The highest BCUT2D eigenvalue weighted by Gasteiger charge is 2.17. The van der Waals surface area contributed by atoms with Crippen LogP contribution in [0.3, 0.4) is 0 Å². The number of thioether (sulfide) groups is 1. The fourth-order valence-corrected chi connectivity index (χ4v) is 5.00. The third kappa shape index (κ3) is 5.54. The second kappa shape index (κ2) is 9.87. The number of amides is 1. The van der Waals surface area contributed by atoms with Crippen molar-refractivity contribution in [1.82, 2.24) is 10.2 Å². The Morgan fingerprint density at radius 3 is 2.81 bits per heavy atom. The predicted octanol–water partition coefficient (Wildman–Crippen LogP) is 4.71. The number of aryl methyl sites for hydroxylation is 1. The summed E-state index contributed by atoms with van der Waals surface area (Å²) in [7, 11) is 0. The third-order valence-electron chi connectivity index (χ3n) is 3.98. The highest BCUT2D eigenvalue weighted by Crippen LogP contribution is 2.27. The molecule has 27 heavy (non-hydrogen) atoms. The average molecular weight is 419 g/mol. The maximum atomic E-state index is 12.7. The summed E-state index contributed by atoms with van der Waals surface area (Å²) >= 11 is 4.69. The van der Waals surface area contributed by atoms with Crippen LogP contribution in [0, 0.1) is 6.92 Å². The zero-order valence-electron chi connectivity index (χ0n) is 15.3. The number of rotatable bonds is 9. The zero-order chi connectivity index (χ0) is 19.1. The maximum absolute atomic E-state index is 12.7. The second-order valence-electron chi connectivity index (χ2n) is 5.84. The van der Waals surface area contributed by atoms with Crippen molar-refractivity contribution in [2.45, 2.75) is 24.6 Å². The zero-order valence-corrected chi connectivity index (χ0v) is 17.8. The van der Waals surface area contributed by atoms with Crippen molar-refractivity contribution in [1.29, 1.82) is 0 Å². The summed E-state index contributed by atoms with van der Waals surface area (Å²) in [5.74, 6) is 0.436. The van der Waals surface area contributed by atoms with Gasteiger partial charge in [-0.3, -0.25) is 4.79 Å². The van der Waals surface area contributed by atoms with E-state index in [-0.39, 0.29) is 5.91 Å². The molecule has 0 bridgehead atoms. The first kappa shape index (κ1) is 19.9. The van der Waals surface area contributed by atoms with Crippen LogP contribution >= 0.6 is 34.4 Å². The van der Waals surface area contributed by atoms with Gasteiger partial charge in [0.1, 0.15) is 0 Å². The minimum Gasteiger partial charge on any atom is -0.360 e. The van der Waals surface area contributed by atoms with Crippen molar-refractivity contribution in [2.24, 2.45) is 0 Å². The van der Waals surface area contributed by atoms with Crippen LogP contribution in [0.4, 0.5) is 10.8 Å². The molecule has 0 aliphatic rings. The highest BCUT2D eigenvalue weighted by molar-refractivity contribution is 8.01. The first-order valence-electron chi connectivity index (χ1n) is 8.76. The summed E-state index contributed by atoms with van der Waals surface area (Å²) in [6, 6.07) is 12.2. The van der Waals surface area contributed by atoms with Gasteiger partial charge in [-0.25, -0.2) is 0 Å². The number of anilines is 2. The minimum absolute atomic E-state index is 0.0826. The lowest BCUT2D eigenvalue weighted by Crippen LogP contribution is -2.32. The molecule has 0 saturated carbocycles. The Morgan fingerprint density at radius 1 is 1.22 bits per heavy atom. The fourth-order valence-electron chi connectivity index (χ4n) is 2.64. The Bertz CT molecular complexity index is 863. The van der Waals surface area contributed by atoms with Crippen LogP contribution in [0.5, 0.6) is 0 Å². The van der Waals surface area contributed by atoms with Gasteiger partial charge < -0.3 is 10.2 Å². The smallest absolute Gasteiger partial charge is 0.237 e. The number of nitrogens with one attached hydrogen (secondary N) is 1. The Hall–Kier alpha value is -1.90. The molecule has 0 radical (unpaired) electrons. The van der Waals surface area contributed by atoms with E-state index in [1.54, 1.807) is 11.3 Å². The molecular weight excluding hydrogens is 396 g/mol. The van der Waals surface area contributed by atoms with E-state index in [4.69, 9.17) is 0 Å². The summed E-state index contributed by atoms with van der Waals surface area (Å²) in [5.41, 5.74) is 2.07. The molecule has 0 saturated heterocycles. The quantitative estimate of drug-likeness (QED) is 0.510. The molecule has 1 aromatic carbocycles. The van der Waals surface area contributed by atoms with Gasteiger partial charge >= 0.3 is 0 Å². The number of benzene rings is 1. The van der Waals surface area contributed by atoms with Crippen molar-refractivity contribution < 1.29 is 4.79 Å². The SMILES string of the molecule is CCN(C(=O)CSc1nnc(NCCc2cccs2)s1)c1ccccc1C. The molecule has 2 aromatic heterocycles. The van der Waals surface area contributed by atoms with Gasteiger partial charge in [-0.1, -0.05) is 47.4 Å². The standard InChI is InChI=1S/C19H22N4OS3/c1-3-23(16-9-5-4-7-14(16)2)17(24)13-26-19-22-21-18(27-19)20-11-10-15-8-6-12-25-15/h4-9,12H,3,10-11,13H2,1-2H3,(H,20,21). The first-order chi connectivity index (χ1) is 13.2. The summed E-state index contributed by atoms with van der Waals surface area (Å²) in [6.07, 6.45) is 0.972. The van der Waals surface area contributed by atoms with Crippen LogP contribution in [-0.2, 0) is 11.2 Å². The number of carbonyl (C=O) groups excluding carboxylic acids is 1. The summed E-state index contributed by atoms with van der Waals surface area (Å²) in [4.78, 5) is 15.8. The molecule has 0 unspecified atom stereocenters. The molecule has 1 N–H and O–H groups in total. The van der Waals surface area contributed by atoms with Gasteiger partial charge in [0.15, 0.2) is 4.34 Å². The minimum atomic E-state index is 0.0826. The molecule has 142 valence electrons. The number of hydrogen-bond donors (Lipinski definition) is 1. The van der Waals surface area contributed by atoms with E-state index in [9.17, 15) is 4.79 Å². The molecule has 0 spiro atoms. The van der Waals surface area contributed by atoms with Crippen LogP contribution in [0.15, 0.2) is 46.1 Å². The Labute approximate surface area is 171 Å². The summed E-state index contributed by atoms with van der Waals surface area (Å²) in [5, 5.41) is 14.5. The van der Waals surface area contributed by atoms with Crippen LogP contribution in [0.2, 0.25) is 0 Å². The number of aromatic nitrogens is 2. The molecule has 5 nitrogen and oxygen atoms in total. The third-order valence-corrected chi connectivity index (χ3v) is 6.91. The molecular formula is C19H22N4OS3. The number of para-hydroxylation sites is 1. The molecule has 0 aliphatic heterocycles. The Kier molecular flexibility index (Phi) is 7.25. The Balaban J connectivity index is 1.50. The van der Waals surface area contributed by atoms with Crippen molar-refractivity contribution in [3.05, 3.63) is 52.2 Å². The molecule has 0 atom stereocenters. The molecule has 2 heterocycles. The van der Waals surface area contributed by atoms with Crippen molar-refractivity contribution >= 4 is 51.2 Å². The fraction of sp³-hybridized carbons (Fsp3) is 0.316. The van der Waals surface area contributed by atoms with Gasteiger partial charge in [0.05, 0.1) is 5.75 Å². The molecule has 0 fully saturated rings. The maximum Gasteiger partial charge on any atom is 0.237 e. The van der Waals surface area contributed by atoms with Gasteiger partial charge in [-0.2, -0.15) is 0 Å². The van der Waals surface area contributed by atoms with E-state index in [1.165, 1.54) is 28.0 Å². The number of hydrogen-bond acceptors (Lipinski definition) is 7. The lowest BCUT2D eigenvalue weighted by Gasteiger charge is -2.22. The predicted molar refractivity (Wildman–Crippen MR) is 116 cm³/mol. The van der Waals surface area contributed by atoms with Gasteiger partial charge in [-0.05, 0) is 43.3 Å². The van der Waals surface area contributed by atoms with Gasteiger partial charge in [0.25, 0.3) is 0 Å². The number of carbonyl (C=O) groups is 1. The van der Waals surface area contributed by atoms with E-state index in [2.05, 4.69) is 33.0 Å². The first-order valence-corrected chi connectivity index (χ1v) is 11.4. The van der Waals surface area contributed by atoms with E-state index < -0.39 is 0 Å². The van der Waals surface area contributed by atoms with E-state index in [0.717, 1.165) is 33.7 Å².